The molecule has 0 spiro atoms. The van der Waals surface area contributed by atoms with Gasteiger partial charge in [0.15, 0.2) is 5.69 Å². The summed E-state index contributed by atoms with van der Waals surface area (Å²) in [5.41, 5.74) is -0.106. The van der Waals surface area contributed by atoms with E-state index in [1.54, 1.807) is 0 Å². The molecule has 0 N–H and O–H groups in total. The zero-order valence-electron chi connectivity index (χ0n) is 8.98. The summed E-state index contributed by atoms with van der Waals surface area (Å²) in [7, 11) is 0. The molecule has 1 saturated carbocycles. The van der Waals surface area contributed by atoms with Crippen molar-refractivity contribution < 1.29 is 13.2 Å². The first-order valence-corrected chi connectivity index (χ1v) is 5.96. The molecule has 1 aromatic heterocycles. The lowest BCUT2D eigenvalue weighted by molar-refractivity contribution is -0.142. The number of halogens is 4. The first-order valence-electron chi connectivity index (χ1n) is 5.17. The van der Waals surface area contributed by atoms with E-state index in [9.17, 15) is 13.2 Å². The van der Waals surface area contributed by atoms with Crippen LogP contribution in [0.25, 0.3) is 0 Å². The number of rotatable bonds is 2. The van der Waals surface area contributed by atoms with Crippen molar-refractivity contribution in [1.29, 1.82) is 0 Å². The minimum Gasteiger partial charge on any atom is -0.265 e. The quantitative estimate of drug-likeness (QED) is 0.803. The van der Waals surface area contributed by atoms with E-state index in [2.05, 4.69) is 21.0 Å². The SMILES string of the molecule is CC(C)n1nc(C(F)(F)F)c(Br)c1C1CC1. The first-order chi connectivity index (χ1) is 7.32. The Hall–Kier alpha value is -0.520. The van der Waals surface area contributed by atoms with E-state index in [4.69, 9.17) is 0 Å². The van der Waals surface area contributed by atoms with Gasteiger partial charge in [0.2, 0.25) is 0 Å². The molecule has 2 nitrogen and oxygen atoms in total. The Morgan fingerprint density at radius 2 is 1.94 bits per heavy atom. The third-order valence-electron chi connectivity index (χ3n) is 2.61. The lowest BCUT2D eigenvalue weighted by Crippen LogP contribution is -2.10. The Balaban J connectivity index is 2.53. The third kappa shape index (κ3) is 1.99. The molecular weight excluding hydrogens is 285 g/mol. The van der Waals surface area contributed by atoms with Gasteiger partial charge in [-0.3, -0.25) is 4.68 Å². The van der Waals surface area contributed by atoms with Crippen molar-refractivity contribution >= 4 is 15.9 Å². The van der Waals surface area contributed by atoms with Crippen molar-refractivity contribution in [3.8, 4) is 0 Å². The number of hydrogen-bond acceptors (Lipinski definition) is 1. The lowest BCUT2D eigenvalue weighted by Gasteiger charge is -2.10. The fraction of sp³-hybridized carbons (Fsp3) is 0.700. The standard InChI is InChI=1S/C10H12BrF3N2/c1-5(2)16-8(6-3-4-6)7(11)9(15-16)10(12,13)14/h5-6H,3-4H2,1-2H3. The van der Waals surface area contributed by atoms with Crippen LogP contribution in [0.4, 0.5) is 13.2 Å². The molecule has 0 atom stereocenters. The summed E-state index contributed by atoms with van der Waals surface area (Å²) < 4.78 is 39.7. The summed E-state index contributed by atoms with van der Waals surface area (Å²) in [4.78, 5) is 0. The van der Waals surface area contributed by atoms with Crippen LogP contribution >= 0.6 is 15.9 Å². The largest absolute Gasteiger partial charge is 0.436 e. The molecule has 1 aromatic rings. The molecular formula is C10H12BrF3N2. The second-order valence-electron chi connectivity index (χ2n) is 4.36. The van der Waals surface area contributed by atoms with Gasteiger partial charge in [0.1, 0.15) is 0 Å². The fourth-order valence-electron chi connectivity index (χ4n) is 1.73. The summed E-state index contributed by atoms with van der Waals surface area (Å²) in [6.45, 7) is 3.68. The van der Waals surface area contributed by atoms with Gasteiger partial charge in [0.25, 0.3) is 0 Å². The van der Waals surface area contributed by atoms with Gasteiger partial charge in [-0.05, 0) is 42.6 Å². The first kappa shape index (κ1) is 12.0. The molecule has 0 bridgehead atoms. The van der Waals surface area contributed by atoms with Gasteiger partial charge < -0.3 is 0 Å². The van der Waals surface area contributed by atoms with Gasteiger partial charge in [-0.25, -0.2) is 0 Å². The molecule has 90 valence electrons. The predicted molar refractivity (Wildman–Crippen MR) is 57.3 cm³/mol. The Morgan fingerprint density at radius 1 is 1.38 bits per heavy atom. The maximum atomic E-state index is 12.7. The maximum Gasteiger partial charge on any atom is 0.436 e. The van der Waals surface area contributed by atoms with E-state index < -0.39 is 11.9 Å². The van der Waals surface area contributed by atoms with Crippen LogP contribution < -0.4 is 0 Å². The van der Waals surface area contributed by atoms with Crippen LogP contribution in [0.3, 0.4) is 0 Å². The summed E-state index contributed by atoms with van der Waals surface area (Å²) in [5, 5.41) is 3.69. The Kier molecular flexibility index (Phi) is 2.80. The Bertz CT molecular complexity index is 405. The average Bonchev–Trinajstić information content (AvgIpc) is 2.87. The molecule has 0 amide bonds. The monoisotopic (exact) mass is 296 g/mol. The molecule has 0 unspecified atom stereocenters. The van der Waals surface area contributed by atoms with Crippen molar-refractivity contribution in [2.75, 3.05) is 0 Å². The summed E-state index contributed by atoms with van der Waals surface area (Å²) in [6, 6.07) is -0.0528. The zero-order valence-corrected chi connectivity index (χ0v) is 10.6. The molecule has 1 aliphatic rings. The highest BCUT2D eigenvalue weighted by Crippen LogP contribution is 2.47. The zero-order chi connectivity index (χ0) is 12.1. The van der Waals surface area contributed by atoms with Crippen LogP contribution in [0.1, 0.15) is 50.0 Å². The molecule has 0 radical (unpaired) electrons. The maximum absolute atomic E-state index is 12.7. The van der Waals surface area contributed by atoms with Gasteiger partial charge in [-0.15, -0.1) is 0 Å². The molecule has 0 saturated heterocycles. The molecule has 6 heteroatoms. The van der Waals surface area contributed by atoms with E-state index in [1.807, 2.05) is 13.8 Å². The van der Waals surface area contributed by atoms with Crippen LogP contribution in [0.2, 0.25) is 0 Å². The molecule has 16 heavy (non-hydrogen) atoms. The predicted octanol–water partition coefficient (Wildman–Crippen LogP) is 4.12. The van der Waals surface area contributed by atoms with Crippen LogP contribution in [0.5, 0.6) is 0 Å². The van der Waals surface area contributed by atoms with Gasteiger partial charge in [0, 0.05) is 12.0 Å². The number of alkyl halides is 3. The van der Waals surface area contributed by atoms with E-state index in [0.29, 0.717) is 5.69 Å². The van der Waals surface area contributed by atoms with Crippen molar-refractivity contribution in [2.45, 2.75) is 44.8 Å². The smallest absolute Gasteiger partial charge is 0.265 e. The molecule has 2 rings (SSSR count). The second kappa shape index (κ2) is 3.75. The van der Waals surface area contributed by atoms with E-state index in [1.165, 1.54) is 4.68 Å². The fourth-order valence-corrected chi connectivity index (χ4v) is 2.53. The van der Waals surface area contributed by atoms with Gasteiger partial charge in [-0.2, -0.15) is 18.3 Å². The average molecular weight is 297 g/mol. The number of aromatic nitrogens is 2. The van der Waals surface area contributed by atoms with Crippen LogP contribution in [0.15, 0.2) is 4.47 Å². The number of nitrogens with zero attached hydrogens (tertiary/aromatic N) is 2. The topological polar surface area (TPSA) is 17.8 Å². The van der Waals surface area contributed by atoms with E-state index in [-0.39, 0.29) is 16.4 Å². The highest BCUT2D eigenvalue weighted by Gasteiger charge is 2.41. The van der Waals surface area contributed by atoms with Crippen molar-refractivity contribution in [2.24, 2.45) is 0 Å². The van der Waals surface area contributed by atoms with Crippen molar-refractivity contribution in [1.82, 2.24) is 9.78 Å². The lowest BCUT2D eigenvalue weighted by atomic mass is 10.2. The minimum atomic E-state index is -4.39. The molecule has 0 aliphatic heterocycles. The Morgan fingerprint density at radius 3 is 2.31 bits per heavy atom. The molecule has 0 aromatic carbocycles. The van der Waals surface area contributed by atoms with Gasteiger partial charge >= 0.3 is 6.18 Å². The minimum absolute atomic E-state index is 0.0528. The molecule has 1 heterocycles. The van der Waals surface area contributed by atoms with Crippen molar-refractivity contribution in [3.05, 3.63) is 15.9 Å². The third-order valence-corrected chi connectivity index (χ3v) is 3.39. The van der Waals surface area contributed by atoms with Crippen LogP contribution in [-0.2, 0) is 6.18 Å². The summed E-state index contributed by atoms with van der Waals surface area (Å²) in [6.07, 6.45) is -2.48. The summed E-state index contributed by atoms with van der Waals surface area (Å²) >= 11 is 3.04. The summed E-state index contributed by atoms with van der Waals surface area (Å²) in [5.74, 6) is 0.236. The highest BCUT2D eigenvalue weighted by molar-refractivity contribution is 9.10. The normalized spacial score (nSPS) is 17.2. The van der Waals surface area contributed by atoms with Gasteiger partial charge in [0.05, 0.1) is 10.2 Å². The van der Waals surface area contributed by atoms with Crippen LogP contribution in [-0.4, -0.2) is 9.78 Å². The van der Waals surface area contributed by atoms with E-state index in [0.717, 1.165) is 12.8 Å². The number of hydrogen-bond donors (Lipinski definition) is 0. The van der Waals surface area contributed by atoms with E-state index >= 15 is 0 Å². The van der Waals surface area contributed by atoms with Crippen molar-refractivity contribution in [3.63, 3.8) is 0 Å². The van der Waals surface area contributed by atoms with Crippen LogP contribution in [0, 0.1) is 0 Å². The Labute approximate surface area is 100.0 Å². The van der Waals surface area contributed by atoms with Gasteiger partial charge in [-0.1, -0.05) is 0 Å². The molecule has 1 fully saturated rings. The highest BCUT2D eigenvalue weighted by atomic mass is 79.9. The molecule has 1 aliphatic carbocycles. The second-order valence-corrected chi connectivity index (χ2v) is 5.15.